The molecule has 0 spiro atoms. The maximum Gasteiger partial charge on any atom is 0.0368 e. The Bertz CT molecular complexity index is 138. The molecule has 0 N–H and O–H groups in total. The molecule has 2 atom stereocenters. The van der Waals surface area contributed by atoms with E-state index in [1.54, 1.807) is 0 Å². The average molecular weight is 158 g/mol. The predicted molar refractivity (Wildman–Crippen MR) is 45.1 cm³/mol. The second kappa shape index (κ2) is 2.40. The van der Waals surface area contributed by atoms with Gasteiger partial charge in [-0.3, -0.25) is 0 Å². The molecule has 2 heterocycles. The van der Waals surface area contributed by atoms with Crippen molar-refractivity contribution in [1.29, 1.82) is 0 Å². The molecule has 0 aliphatic carbocycles. The van der Waals surface area contributed by atoms with E-state index in [4.69, 9.17) is 0 Å². The Hall–Kier alpha value is 0.270. The highest BCUT2D eigenvalue weighted by Crippen LogP contribution is 2.32. The second-order valence-corrected chi connectivity index (χ2v) is 4.01. The summed E-state index contributed by atoms with van der Waals surface area (Å²) in [5.74, 6) is 0.952. The first kappa shape index (κ1) is 6.95. The molecule has 2 unspecified atom stereocenters. The molecule has 2 rings (SSSR count). The monoisotopic (exact) mass is 158 g/mol. The van der Waals surface area contributed by atoms with Crippen LogP contribution in [0, 0.1) is 5.92 Å². The van der Waals surface area contributed by atoms with Crippen LogP contribution in [0.1, 0.15) is 6.42 Å². The van der Waals surface area contributed by atoms with Gasteiger partial charge >= 0.3 is 0 Å². The lowest BCUT2D eigenvalue weighted by Crippen LogP contribution is -2.59. The molecule has 3 heteroatoms. The van der Waals surface area contributed by atoms with Crippen molar-refractivity contribution in [3.63, 3.8) is 0 Å². The van der Waals surface area contributed by atoms with Crippen LogP contribution in [0.4, 0.5) is 0 Å². The van der Waals surface area contributed by atoms with Crippen molar-refractivity contribution < 1.29 is 0 Å². The number of fused-ring (bicyclic) bond motifs is 1. The lowest BCUT2D eigenvalue weighted by Gasteiger charge is -2.50. The fourth-order valence-corrected chi connectivity index (χ4v) is 2.40. The molecule has 2 saturated heterocycles. The lowest BCUT2D eigenvalue weighted by molar-refractivity contribution is 0.0332. The summed E-state index contributed by atoms with van der Waals surface area (Å²) in [5.41, 5.74) is 0. The van der Waals surface area contributed by atoms with Gasteiger partial charge in [-0.2, -0.15) is 0 Å². The highest BCUT2D eigenvalue weighted by atomic mass is 32.1. The molecule has 0 amide bonds. The van der Waals surface area contributed by atoms with Crippen molar-refractivity contribution in [3.8, 4) is 0 Å². The fraction of sp³-hybridized carbons (Fsp3) is 1.00. The first-order valence-corrected chi connectivity index (χ1v) is 4.31. The smallest absolute Gasteiger partial charge is 0.0368 e. The predicted octanol–water partition coefficient (Wildman–Crippen LogP) is 0.467. The Kier molecular flexibility index (Phi) is 1.66. The van der Waals surface area contributed by atoms with Gasteiger partial charge in [0.25, 0.3) is 0 Å². The summed E-state index contributed by atoms with van der Waals surface area (Å²) >= 11 is 4.35. The third kappa shape index (κ3) is 0.966. The summed E-state index contributed by atoms with van der Waals surface area (Å²) in [6.07, 6.45) is 1.37. The zero-order valence-electron chi connectivity index (χ0n) is 6.32. The van der Waals surface area contributed by atoms with E-state index >= 15 is 0 Å². The molecule has 10 heavy (non-hydrogen) atoms. The van der Waals surface area contributed by atoms with Crippen LogP contribution in [0.25, 0.3) is 0 Å². The molecule has 2 aliphatic heterocycles. The molecular formula is C7H14N2S. The van der Waals surface area contributed by atoms with Gasteiger partial charge in [-0.1, -0.05) is 12.8 Å². The molecule has 0 bridgehead atoms. The van der Waals surface area contributed by atoms with E-state index in [0.717, 1.165) is 12.0 Å². The van der Waals surface area contributed by atoms with E-state index in [-0.39, 0.29) is 0 Å². The molecule has 0 aromatic carbocycles. The Morgan fingerprint density at radius 1 is 1.40 bits per heavy atom. The minimum Gasteiger partial charge on any atom is -0.305 e. The Labute approximate surface area is 67.7 Å². The molecule has 2 aliphatic rings. The van der Waals surface area contributed by atoms with E-state index in [1.165, 1.54) is 26.1 Å². The van der Waals surface area contributed by atoms with E-state index in [1.807, 2.05) is 0 Å². The summed E-state index contributed by atoms with van der Waals surface area (Å²) in [4.78, 5) is 2.39. The minimum atomic E-state index is 0.752. The van der Waals surface area contributed by atoms with Gasteiger partial charge in [0.2, 0.25) is 0 Å². The van der Waals surface area contributed by atoms with Gasteiger partial charge < -0.3 is 4.90 Å². The zero-order chi connectivity index (χ0) is 7.14. The van der Waals surface area contributed by atoms with Crippen LogP contribution in [-0.4, -0.2) is 41.9 Å². The van der Waals surface area contributed by atoms with Crippen LogP contribution in [-0.2, 0) is 0 Å². The van der Waals surface area contributed by atoms with Gasteiger partial charge in [-0.05, 0) is 25.9 Å². The van der Waals surface area contributed by atoms with Crippen LogP contribution in [0.2, 0.25) is 0 Å². The van der Waals surface area contributed by atoms with Gasteiger partial charge in [0.05, 0.1) is 0 Å². The van der Waals surface area contributed by atoms with E-state index in [0.29, 0.717) is 0 Å². The van der Waals surface area contributed by atoms with Crippen molar-refractivity contribution in [2.24, 2.45) is 5.92 Å². The van der Waals surface area contributed by atoms with Gasteiger partial charge in [0, 0.05) is 19.1 Å². The van der Waals surface area contributed by atoms with E-state index < -0.39 is 0 Å². The zero-order valence-corrected chi connectivity index (χ0v) is 7.22. The van der Waals surface area contributed by atoms with Gasteiger partial charge in [-0.15, -0.1) is 0 Å². The van der Waals surface area contributed by atoms with Gasteiger partial charge in [-0.25, -0.2) is 4.31 Å². The van der Waals surface area contributed by atoms with E-state index in [9.17, 15) is 0 Å². The van der Waals surface area contributed by atoms with Gasteiger partial charge in [0.15, 0.2) is 0 Å². The van der Waals surface area contributed by atoms with Crippen molar-refractivity contribution in [2.45, 2.75) is 12.5 Å². The summed E-state index contributed by atoms with van der Waals surface area (Å²) in [5, 5.41) is 0. The Morgan fingerprint density at radius 2 is 2.20 bits per heavy atom. The third-order valence-corrected chi connectivity index (χ3v) is 3.19. The normalized spacial score (nSPS) is 42.6. The van der Waals surface area contributed by atoms with Crippen LogP contribution in [0.15, 0.2) is 0 Å². The average Bonchev–Trinajstić information content (AvgIpc) is 1.92. The number of hydrogen-bond donors (Lipinski definition) is 1. The van der Waals surface area contributed by atoms with Crippen molar-refractivity contribution in [2.75, 3.05) is 26.7 Å². The standard InChI is InChI=1S/C7H14N2S/c1-8-3-2-6-4-9(10)7(6)5-8/h6-7,10H,2-5H2,1H3. The maximum absolute atomic E-state index is 4.35. The number of nitrogens with zero attached hydrogens (tertiary/aromatic N) is 2. The molecule has 0 radical (unpaired) electrons. The number of likely N-dealkylation sites (N-methyl/N-ethyl adjacent to an activating group) is 1. The SMILES string of the molecule is CN1CCC2CN(S)C2C1. The van der Waals surface area contributed by atoms with Crippen molar-refractivity contribution in [3.05, 3.63) is 0 Å². The highest BCUT2D eigenvalue weighted by molar-refractivity contribution is 7.77. The number of rotatable bonds is 0. The summed E-state index contributed by atoms with van der Waals surface area (Å²) in [7, 11) is 2.19. The molecule has 2 nitrogen and oxygen atoms in total. The van der Waals surface area contributed by atoms with Crippen LogP contribution >= 0.6 is 12.8 Å². The maximum atomic E-state index is 4.35. The second-order valence-electron chi connectivity index (χ2n) is 3.50. The number of piperidine rings is 1. The molecule has 0 aromatic heterocycles. The third-order valence-electron chi connectivity index (χ3n) is 2.73. The van der Waals surface area contributed by atoms with Crippen molar-refractivity contribution >= 4 is 12.8 Å². The first-order chi connectivity index (χ1) is 4.77. The van der Waals surface area contributed by atoms with E-state index in [2.05, 4.69) is 29.1 Å². The van der Waals surface area contributed by atoms with Gasteiger partial charge in [0.1, 0.15) is 0 Å². The Balaban J connectivity index is 1.94. The summed E-state index contributed by atoms with van der Waals surface area (Å²) in [6, 6.07) is 0.752. The highest BCUT2D eigenvalue weighted by Gasteiger charge is 2.39. The molecule has 2 fully saturated rings. The van der Waals surface area contributed by atoms with Crippen molar-refractivity contribution in [1.82, 2.24) is 9.21 Å². The van der Waals surface area contributed by atoms with Crippen LogP contribution in [0.3, 0.4) is 0 Å². The minimum absolute atomic E-state index is 0.752. The largest absolute Gasteiger partial charge is 0.305 e. The molecule has 58 valence electrons. The first-order valence-electron chi connectivity index (χ1n) is 3.91. The summed E-state index contributed by atoms with van der Waals surface area (Å²) < 4.78 is 2.17. The number of hydrogen-bond acceptors (Lipinski definition) is 3. The number of thiol groups is 1. The van der Waals surface area contributed by atoms with Crippen LogP contribution in [0.5, 0.6) is 0 Å². The fourth-order valence-electron chi connectivity index (χ4n) is 1.93. The molecule has 0 aromatic rings. The lowest BCUT2D eigenvalue weighted by atomic mass is 9.85. The summed E-state index contributed by atoms with van der Waals surface area (Å²) in [6.45, 7) is 3.71. The molecular weight excluding hydrogens is 144 g/mol. The number of likely N-dealkylation sites (tertiary alicyclic amines) is 1. The van der Waals surface area contributed by atoms with Crippen LogP contribution < -0.4 is 0 Å². The quantitative estimate of drug-likeness (QED) is 0.512. The Morgan fingerprint density at radius 3 is 2.80 bits per heavy atom. The topological polar surface area (TPSA) is 6.48 Å². The molecule has 0 saturated carbocycles.